The van der Waals surface area contributed by atoms with Crippen LogP contribution in [0.1, 0.15) is 37.4 Å². The second-order valence-electron chi connectivity index (χ2n) is 4.84. The summed E-state index contributed by atoms with van der Waals surface area (Å²) in [6.45, 7) is 5.62. The molecule has 1 aliphatic rings. The molecule has 0 saturated carbocycles. The SMILES string of the molecule is CC(C)CC1NCCc2cc(N)ccc21. The van der Waals surface area contributed by atoms with E-state index in [0.29, 0.717) is 6.04 Å². The smallest absolute Gasteiger partial charge is 0.0325 e. The number of nitrogens with two attached hydrogens (primary N) is 1. The maximum Gasteiger partial charge on any atom is 0.0325 e. The van der Waals surface area contributed by atoms with Gasteiger partial charge in [-0.1, -0.05) is 19.9 Å². The summed E-state index contributed by atoms with van der Waals surface area (Å²) >= 11 is 0. The molecule has 0 aromatic heterocycles. The van der Waals surface area contributed by atoms with Crippen LogP contribution in [0.2, 0.25) is 0 Å². The standard InChI is InChI=1S/C13H20N2/c1-9(2)7-13-12-4-3-11(14)8-10(12)5-6-15-13/h3-4,8-9,13,15H,5-7,14H2,1-2H3. The van der Waals surface area contributed by atoms with Gasteiger partial charge in [-0.05, 0) is 48.6 Å². The normalized spacial score (nSPS) is 20.3. The van der Waals surface area contributed by atoms with Crippen LogP contribution in [0, 0.1) is 5.92 Å². The van der Waals surface area contributed by atoms with Crippen LogP contribution in [0.5, 0.6) is 0 Å². The van der Waals surface area contributed by atoms with Crippen molar-refractivity contribution in [2.45, 2.75) is 32.7 Å². The Labute approximate surface area is 91.9 Å². The van der Waals surface area contributed by atoms with E-state index in [4.69, 9.17) is 5.73 Å². The molecule has 2 heteroatoms. The molecule has 15 heavy (non-hydrogen) atoms. The van der Waals surface area contributed by atoms with E-state index in [9.17, 15) is 0 Å². The van der Waals surface area contributed by atoms with Crippen molar-refractivity contribution in [3.63, 3.8) is 0 Å². The lowest BCUT2D eigenvalue weighted by molar-refractivity contribution is 0.414. The first kappa shape index (κ1) is 10.5. The van der Waals surface area contributed by atoms with Gasteiger partial charge in [-0.3, -0.25) is 0 Å². The summed E-state index contributed by atoms with van der Waals surface area (Å²) in [5.41, 5.74) is 9.57. The molecular formula is C13H20N2. The van der Waals surface area contributed by atoms with Gasteiger partial charge < -0.3 is 11.1 Å². The highest BCUT2D eigenvalue weighted by Crippen LogP contribution is 2.29. The van der Waals surface area contributed by atoms with Gasteiger partial charge in [0.05, 0.1) is 0 Å². The minimum Gasteiger partial charge on any atom is -0.399 e. The Morgan fingerprint density at radius 1 is 1.47 bits per heavy atom. The summed E-state index contributed by atoms with van der Waals surface area (Å²) < 4.78 is 0. The molecule has 0 aliphatic carbocycles. The van der Waals surface area contributed by atoms with Crippen LogP contribution in [0.3, 0.4) is 0 Å². The van der Waals surface area contributed by atoms with Crippen molar-refractivity contribution in [1.82, 2.24) is 5.32 Å². The van der Waals surface area contributed by atoms with Crippen LogP contribution in [0.15, 0.2) is 18.2 Å². The predicted octanol–water partition coefficient (Wildman–Crippen LogP) is 2.50. The maximum atomic E-state index is 5.81. The Hall–Kier alpha value is -1.02. The Bertz CT molecular complexity index is 344. The lowest BCUT2D eigenvalue weighted by Crippen LogP contribution is -2.30. The van der Waals surface area contributed by atoms with Crippen molar-refractivity contribution in [1.29, 1.82) is 0 Å². The van der Waals surface area contributed by atoms with Gasteiger partial charge in [0.15, 0.2) is 0 Å². The van der Waals surface area contributed by atoms with E-state index >= 15 is 0 Å². The number of nitrogen functional groups attached to an aromatic ring is 1. The number of hydrogen-bond acceptors (Lipinski definition) is 2. The molecule has 0 bridgehead atoms. The van der Waals surface area contributed by atoms with Gasteiger partial charge >= 0.3 is 0 Å². The van der Waals surface area contributed by atoms with Crippen molar-refractivity contribution in [2.75, 3.05) is 12.3 Å². The molecule has 1 atom stereocenters. The fourth-order valence-electron chi connectivity index (χ4n) is 2.35. The number of nitrogens with one attached hydrogen (secondary N) is 1. The van der Waals surface area contributed by atoms with Crippen molar-refractivity contribution in [3.8, 4) is 0 Å². The number of benzene rings is 1. The average Bonchev–Trinajstić information content (AvgIpc) is 2.16. The van der Waals surface area contributed by atoms with Crippen LogP contribution >= 0.6 is 0 Å². The average molecular weight is 204 g/mol. The first-order chi connectivity index (χ1) is 7.16. The van der Waals surface area contributed by atoms with Crippen molar-refractivity contribution < 1.29 is 0 Å². The third kappa shape index (κ3) is 2.32. The maximum absolute atomic E-state index is 5.81. The largest absolute Gasteiger partial charge is 0.399 e. The molecule has 1 heterocycles. The van der Waals surface area contributed by atoms with Gasteiger partial charge in [-0.2, -0.15) is 0 Å². The Kier molecular flexibility index (Phi) is 2.96. The van der Waals surface area contributed by atoms with Gasteiger partial charge in [0.1, 0.15) is 0 Å². The monoisotopic (exact) mass is 204 g/mol. The lowest BCUT2D eigenvalue weighted by atomic mass is 9.89. The molecule has 0 spiro atoms. The number of anilines is 1. The molecule has 2 rings (SSSR count). The van der Waals surface area contributed by atoms with Crippen LogP contribution in [-0.4, -0.2) is 6.54 Å². The third-order valence-corrected chi connectivity index (χ3v) is 3.03. The molecule has 82 valence electrons. The van der Waals surface area contributed by atoms with Crippen LogP contribution in [0.4, 0.5) is 5.69 Å². The quantitative estimate of drug-likeness (QED) is 0.726. The summed E-state index contributed by atoms with van der Waals surface area (Å²) in [5.74, 6) is 0.728. The molecule has 0 fully saturated rings. The summed E-state index contributed by atoms with van der Waals surface area (Å²) in [7, 11) is 0. The zero-order chi connectivity index (χ0) is 10.8. The number of hydrogen-bond donors (Lipinski definition) is 2. The number of fused-ring (bicyclic) bond motifs is 1. The van der Waals surface area contributed by atoms with Crippen molar-refractivity contribution >= 4 is 5.69 Å². The second kappa shape index (κ2) is 4.23. The van der Waals surface area contributed by atoms with Gasteiger partial charge in [-0.25, -0.2) is 0 Å². The molecule has 1 aliphatic heterocycles. The van der Waals surface area contributed by atoms with E-state index in [0.717, 1.165) is 24.6 Å². The Balaban J connectivity index is 2.26. The van der Waals surface area contributed by atoms with E-state index in [1.54, 1.807) is 0 Å². The van der Waals surface area contributed by atoms with Gasteiger partial charge in [0.25, 0.3) is 0 Å². The zero-order valence-corrected chi connectivity index (χ0v) is 9.59. The molecule has 0 amide bonds. The van der Waals surface area contributed by atoms with Gasteiger partial charge in [-0.15, -0.1) is 0 Å². The number of rotatable bonds is 2. The van der Waals surface area contributed by atoms with Crippen molar-refractivity contribution in [3.05, 3.63) is 29.3 Å². The molecule has 0 saturated heterocycles. The highest BCUT2D eigenvalue weighted by molar-refractivity contribution is 5.46. The molecule has 1 unspecified atom stereocenters. The lowest BCUT2D eigenvalue weighted by Gasteiger charge is -2.28. The molecule has 2 nitrogen and oxygen atoms in total. The Morgan fingerprint density at radius 3 is 3.00 bits per heavy atom. The highest BCUT2D eigenvalue weighted by atomic mass is 14.9. The summed E-state index contributed by atoms with van der Waals surface area (Å²) in [5, 5.41) is 3.59. The first-order valence-electron chi connectivity index (χ1n) is 5.78. The highest BCUT2D eigenvalue weighted by Gasteiger charge is 2.20. The van der Waals surface area contributed by atoms with E-state index in [2.05, 4.69) is 31.3 Å². The van der Waals surface area contributed by atoms with Gasteiger partial charge in [0.2, 0.25) is 0 Å². The minimum atomic E-state index is 0.523. The topological polar surface area (TPSA) is 38.0 Å². The van der Waals surface area contributed by atoms with E-state index in [1.807, 2.05) is 6.07 Å². The van der Waals surface area contributed by atoms with Crippen LogP contribution in [0.25, 0.3) is 0 Å². The predicted molar refractivity (Wildman–Crippen MR) is 64.8 cm³/mol. The van der Waals surface area contributed by atoms with E-state index < -0.39 is 0 Å². The summed E-state index contributed by atoms with van der Waals surface area (Å²) in [6, 6.07) is 6.85. The minimum absolute atomic E-state index is 0.523. The van der Waals surface area contributed by atoms with Gasteiger partial charge in [0, 0.05) is 11.7 Å². The molecule has 1 aromatic carbocycles. The fraction of sp³-hybridized carbons (Fsp3) is 0.538. The molecule has 1 aromatic rings. The first-order valence-corrected chi connectivity index (χ1v) is 5.78. The fourth-order valence-corrected chi connectivity index (χ4v) is 2.35. The third-order valence-electron chi connectivity index (χ3n) is 3.03. The molecule has 0 radical (unpaired) electrons. The second-order valence-corrected chi connectivity index (χ2v) is 4.84. The van der Waals surface area contributed by atoms with Crippen molar-refractivity contribution in [2.24, 2.45) is 5.92 Å². The zero-order valence-electron chi connectivity index (χ0n) is 9.59. The summed E-state index contributed by atoms with van der Waals surface area (Å²) in [6.07, 6.45) is 2.31. The summed E-state index contributed by atoms with van der Waals surface area (Å²) in [4.78, 5) is 0. The Morgan fingerprint density at radius 2 is 2.27 bits per heavy atom. The van der Waals surface area contributed by atoms with E-state index in [-0.39, 0.29) is 0 Å². The molecule has 3 N–H and O–H groups in total. The molecular weight excluding hydrogens is 184 g/mol. The van der Waals surface area contributed by atoms with E-state index in [1.165, 1.54) is 17.5 Å². The van der Waals surface area contributed by atoms with Crippen LogP contribution < -0.4 is 11.1 Å². The van der Waals surface area contributed by atoms with Crippen LogP contribution in [-0.2, 0) is 6.42 Å².